The van der Waals surface area contributed by atoms with E-state index in [2.05, 4.69) is 21.2 Å². The maximum Gasteiger partial charge on any atom is 0.471 e. The van der Waals surface area contributed by atoms with Gasteiger partial charge in [0.2, 0.25) is 5.91 Å². The predicted octanol–water partition coefficient (Wildman–Crippen LogP) is 8.31. The summed E-state index contributed by atoms with van der Waals surface area (Å²) in [6.07, 6.45) is -5.42. The molecule has 1 fully saturated rings. The minimum Gasteiger partial charge on any atom is -0.326 e. The van der Waals surface area contributed by atoms with E-state index in [-0.39, 0.29) is 16.3 Å². The van der Waals surface area contributed by atoms with Gasteiger partial charge < -0.3 is 16.0 Å². The van der Waals surface area contributed by atoms with Crippen LogP contribution in [-0.4, -0.2) is 28.2 Å². The van der Waals surface area contributed by atoms with Crippen molar-refractivity contribution in [3.05, 3.63) is 85.8 Å². The molecule has 216 valence electrons. The van der Waals surface area contributed by atoms with E-state index in [0.717, 1.165) is 17.4 Å². The first kappa shape index (κ1) is 31.3. The van der Waals surface area contributed by atoms with E-state index in [9.17, 15) is 36.3 Å². The third kappa shape index (κ3) is 6.56. The second-order valence-electron chi connectivity index (χ2n) is 8.68. The normalized spacial score (nSPS) is 17.5. The highest BCUT2D eigenvalue weighted by Crippen LogP contribution is 2.65. The summed E-state index contributed by atoms with van der Waals surface area (Å²) in [5.41, 5.74) is -1.74. The maximum atomic E-state index is 14.7. The Hall–Kier alpha value is -2.64. The Balaban J connectivity index is 1.52. The highest BCUT2D eigenvalue weighted by molar-refractivity contribution is 9.10. The van der Waals surface area contributed by atoms with Crippen LogP contribution in [-0.2, 0) is 9.59 Å². The predicted molar refractivity (Wildman–Crippen MR) is 149 cm³/mol. The first-order chi connectivity index (χ1) is 19.0. The van der Waals surface area contributed by atoms with E-state index in [1.165, 1.54) is 12.1 Å². The van der Waals surface area contributed by atoms with Crippen LogP contribution in [0.3, 0.4) is 0 Å². The monoisotopic (exact) mass is 717 g/mol. The summed E-state index contributed by atoms with van der Waals surface area (Å²) in [6, 6.07) is 9.98. The molecule has 4 rings (SSSR count). The number of anilines is 3. The van der Waals surface area contributed by atoms with Crippen LogP contribution in [0.5, 0.6) is 0 Å². The summed E-state index contributed by atoms with van der Waals surface area (Å²) < 4.78 is 65.5. The maximum absolute atomic E-state index is 14.7. The zero-order valence-electron chi connectivity index (χ0n) is 19.8. The molecule has 16 heteroatoms. The SMILES string of the molecule is O=C(Nc1ccc(F)c(NC(=O)C(F)(F)F)c1F)c1cc(NC(=O)C2C(c3ccc(Cl)c(Br)c3)C2(Cl)Cl)ccc1Cl. The third-order valence-electron chi connectivity index (χ3n) is 5.95. The summed E-state index contributed by atoms with van der Waals surface area (Å²) in [6.45, 7) is 0. The smallest absolute Gasteiger partial charge is 0.326 e. The Morgan fingerprint density at radius 1 is 0.878 bits per heavy atom. The first-order valence-corrected chi connectivity index (χ1v) is 13.4. The average Bonchev–Trinajstić information content (AvgIpc) is 3.47. The molecule has 1 aliphatic carbocycles. The third-order valence-corrected chi connectivity index (χ3v) is 8.44. The average molecular weight is 720 g/mol. The van der Waals surface area contributed by atoms with Crippen LogP contribution in [0.1, 0.15) is 21.8 Å². The number of hydrogen-bond donors (Lipinski definition) is 3. The van der Waals surface area contributed by atoms with E-state index in [0.29, 0.717) is 21.1 Å². The van der Waals surface area contributed by atoms with Gasteiger partial charge in [0.25, 0.3) is 5.91 Å². The lowest BCUT2D eigenvalue weighted by Gasteiger charge is -2.14. The van der Waals surface area contributed by atoms with Crippen molar-refractivity contribution < 1.29 is 36.3 Å². The van der Waals surface area contributed by atoms with Gasteiger partial charge in [0.15, 0.2) is 5.82 Å². The van der Waals surface area contributed by atoms with Crippen molar-refractivity contribution in [1.82, 2.24) is 0 Å². The van der Waals surface area contributed by atoms with Crippen molar-refractivity contribution in [1.29, 1.82) is 0 Å². The molecule has 1 saturated carbocycles. The van der Waals surface area contributed by atoms with E-state index in [1.807, 2.05) is 5.32 Å². The molecule has 2 atom stereocenters. The zero-order chi connectivity index (χ0) is 30.4. The molecule has 0 radical (unpaired) electrons. The number of hydrogen-bond acceptors (Lipinski definition) is 3. The molecule has 1 aliphatic rings. The number of carbonyl (C=O) groups excluding carboxylic acids is 3. The van der Waals surface area contributed by atoms with Gasteiger partial charge >= 0.3 is 12.1 Å². The molecule has 0 aromatic heterocycles. The summed E-state index contributed by atoms with van der Waals surface area (Å²) in [7, 11) is 0. The van der Waals surface area contributed by atoms with Gasteiger partial charge in [0.05, 0.1) is 27.2 Å². The van der Waals surface area contributed by atoms with Gasteiger partial charge in [0, 0.05) is 16.1 Å². The van der Waals surface area contributed by atoms with E-state index >= 15 is 0 Å². The lowest BCUT2D eigenvalue weighted by molar-refractivity contribution is -0.167. The molecule has 41 heavy (non-hydrogen) atoms. The lowest BCUT2D eigenvalue weighted by atomic mass is 10.1. The molecular formula is C25H13BrCl4F5N3O3. The Labute approximate surface area is 256 Å². The molecule has 6 nitrogen and oxygen atoms in total. The number of benzene rings is 3. The summed E-state index contributed by atoms with van der Waals surface area (Å²) in [5.74, 6) is -8.93. The first-order valence-electron chi connectivity index (χ1n) is 11.1. The van der Waals surface area contributed by atoms with Gasteiger partial charge in [-0.2, -0.15) is 13.2 Å². The van der Waals surface area contributed by atoms with Gasteiger partial charge in [-0.25, -0.2) is 8.78 Å². The lowest BCUT2D eigenvalue weighted by Crippen LogP contribution is -2.31. The second kappa shape index (κ2) is 11.6. The fourth-order valence-corrected chi connectivity index (χ4v) is 5.45. The van der Waals surface area contributed by atoms with Gasteiger partial charge in [0.1, 0.15) is 15.8 Å². The standard InChI is InChI=1S/C25H13BrCl4F5N3O3/c26-12-7-9(1-3-14(12)28)17-18(24(17,29)30)22(40)36-10-2-4-13(27)11(8-10)21(39)37-16-6-5-15(31)20(19(16)32)38-23(41)25(33,34)35/h1-8,17-18H,(H,36,40)(H,37,39)(H,38,41). The quantitative estimate of drug-likeness (QED) is 0.177. The van der Waals surface area contributed by atoms with Crippen molar-refractivity contribution >= 4 is 97.1 Å². The fourth-order valence-electron chi connectivity index (χ4n) is 3.91. The van der Waals surface area contributed by atoms with Gasteiger partial charge in [-0.3, -0.25) is 14.4 Å². The van der Waals surface area contributed by atoms with Crippen LogP contribution < -0.4 is 16.0 Å². The molecule has 0 saturated heterocycles. The van der Waals surface area contributed by atoms with Crippen LogP contribution in [0.2, 0.25) is 10.0 Å². The van der Waals surface area contributed by atoms with Crippen molar-refractivity contribution in [2.75, 3.05) is 16.0 Å². The summed E-state index contributed by atoms with van der Waals surface area (Å²) in [4.78, 5) is 37.0. The Morgan fingerprint density at radius 2 is 1.54 bits per heavy atom. The van der Waals surface area contributed by atoms with Gasteiger partial charge in [-0.1, -0.05) is 29.3 Å². The molecule has 2 unspecified atom stereocenters. The molecule has 3 amide bonds. The van der Waals surface area contributed by atoms with Crippen molar-refractivity contribution in [3.63, 3.8) is 0 Å². The fraction of sp³-hybridized carbons (Fsp3) is 0.160. The highest BCUT2D eigenvalue weighted by atomic mass is 79.9. The van der Waals surface area contributed by atoms with E-state index in [4.69, 9.17) is 46.4 Å². The number of amides is 3. The van der Waals surface area contributed by atoms with Gasteiger partial charge in [-0.05, 0) is 64.0 Å². The Kier molecular flexibility index (Phi) is 8.83. The minimum atomic E-state index is -5.42. The van der Waals surface area contributed by atoms with Crippen molar-refractivity contribution in [2.45, 2.75) is 16.4 Å². The number of alkyl halides is 5. The number of halogens is 10. The minimum absolute atomic E-state index is 0.0781. The zero-order valence-corrected chi connectivity index (χ0v) is 24.4. The topological polar surface area (TPSA) is 87.3 Å². The Morgan fingerprint density at radius 3 is 2.17 bits per heavy atom. The Bertz CT molecular complexity index is 1590. The van der Waals surface area contributed by atoms with Crippen LogP contribution in [0, 0.1) is 17.6 Å². The molecule has 0 bridgehead atoms. The van der Waals surface area contributed by atoms with Crippen molar-refractivity contribution in [2.24, 2.45) is 5.92 Å². The van der Waals surface area contributed by atoms with E-state index in [1.54, 1.807) is 18.2 Å². The van der Waals surface area contributed by atoms with Crippen LogP contribution >= 0.6 is 62.3 Å². The van der Waals surface area contributed by atoms with Crippen LogP contribution in [0.15, 0.2) is 53.0 Å². The largest absolute Gasteiger partial charge is 0.471 e. The summed E-state index contributed by atoms with van der Waals surface area (Å²) in [5, 5.41) is 6.01. The molecule has 0 spiro atoms. The van der Waals surface area contributed by atoms with Crippen molar-refractivity contribution in [3.8, 4) is 0 Å². The molecule has 3 aromatic carbocycles. The van der Waals surface area contributed by atoms with Crippen LogP contribution in [0.4, 0.5) is 39.0 Å². The molecule has 3 N–H and O–H groups in total. The molecular weight excluding hydrogens is 707 g/mol. The second-order valence-corrected chi connectivity index (χ2v) is 11.8. The molecule has 0 aliphatic heterocycles. The van der Waals surface area contributed by atoms with E-state index < -0.39 is 63.1 Å². The molecule has 0 heterocycles. The van der Waals surface area contributed by atoms with Gasteiger partial charge in [-0.15, -0.1) is 23.2 Å². The number of nitrogens with one attached hydrogen (secondary N) is 3. The highest BCUT2D eigenvalue weighted by Gasteiger charge is 2.67. The van der Waals surface area contributed by atoms with Crippen LogP contribution in [0.25, 0.3) is 0 Å². The number of rotatable bonds is 6. The molecule has 3 aromatic rings. The summed E-state index contributed by atoms with van der Waals surface area (Å²) >= 11 is 28.2. The number of carbonyl (C=O) groups is 3.